The van der Waals surface area contributed by atoms with E-state index >= 15 is 0 Å². The number of aliphatic carboxylic acids is 1. The van der Waals surface area contributed by atoms with E-state index in [2.05, 4.69) is 10.6 Å². The molecule has 0 aliphatic carbocycles. The highest BCUT2D eigenvalue weighted by Gasteiger charge is 2.23. The number of hydrogen-bond donors (Lipinski definition) is 3. The average Bonchev–Trinajstić information content (AvgIpc) is 2.92. The van der Waals surface area contributed by atoms with E-state index in [9.17, 15) is 14.7 Å². The monoisotopic (exact) mass is 324 g/mol. The smallest absolute Gasteiger partial charge is 0.331 e. The molecule has 3 N–H and O–H groups in total. The number of carbonyl (C=O) groups is 2. The maximum Gasteiger partial charge on any atom is 0.331 e. The molecule has 2 amide bonds. The number of amides is 2. The van der Waals surface area contributed by atoms with Crippen LogP contribution in [0.5, 0.6) is 0 Å². The highest BCUT2D eigenvalue weighted by atomic mass is 35.5. The van der Waals surface area contributed by atoms with Gasteiger partial charge in [0.2, 0.25) is 0 Å². The zero-order chi connectivity index (χ0) is 15.4. The van der Waals surface area contributed by atoms with E-state index in [-0.39, 0.29) is 0 Å². The molecule has 1 aromatic heterocycles. The van der Waals surface area contributed by atoms with Gasteiger partial charge in [0.15, 0.2) is 6.04 Å². The zero-order valence-corrected chi connectivity index (χ0v) is 12.7. The van der Waals surface area contributed by atoms with Gasteiger partial charge in [0, 0.05) is 4.88 Å². The summed E-state index contributed by atoms with van der Waals surface area (Å²) in [6, 6.07) is 6.85. The maximum absolute atomic E-state index is 11.9. The highest BCUT2D eigenvalue weighted by molar-refractivity contribution is 7.10. The normalized spacial score (nSPS) is 11.7. The van der Waals surface area contributed by atoms with E-state index in [0.29, 0.717) is 15.6 Å². The lowest BCUT2D eigenvalue weighted by Crippen LogP contribution is -2.36. The van der Waals surface area contributed by atoms with Crippen LogP contribution in [0.3, 0.4) is 0 Å². The number of aryl methyl sites for hydroxylation is 1. The van der Waals surface area contributed by atoms with Crippen LogP contribution < -0.4 is 10.6 Å². The van der Waals surface area contributed by atoms with Gasteiger partial charge in [0.1, 0.15) is 0 Å². The summed E-state index contributed by atoms with van der Waals surface area (Å²) in [5.41, 5.74) is 1.39. The quantitative estimate of drug-likeness (QED) is 0.803. The molecule has 0 fully saturated rings. The van der Waals surface area contributed by atoms with Crippen LogP contribution in [0.15, 0.2) is 35.7 Å². The first-order valence-electron chi connectivity index (χ1n) is 6.07. The van der Waals surface area contributed by atoms with Crippen LogP contribution in [0.2, 0.25) is 5.02 Å². The molecular formula is C14H13ClN2O3S. The second-order valence-electron chi connectivity index (χ2n) is 4.37. The molecule has 7 heteroatoms. The Morgan fingerprint density at radius 1 is 1.33 bits per heavy atom. The molecule has 0 aliphatic rings. The fourth-order valence-corrected chi connectivity index (χ4v) is 2.77. The Kier molecular flexibility index (Phi) is 4.82. The van der Waals surface area contributed by atoms with E-state index in [4.69, 9.17) is 11.6 Å². The lowest BCUT2D eigenvalue weighted by molar-refractivity contribution is -0.139. The summed E-state index contributed by atoms with van der Waals surface area (Å²) in [4.78, 5) is 23.7. The number of halogens is 1. The van der Waals surface area contributed by atoms with E-state index in [1.165, 1.54) is 11.3 Å². The topological polar surface area (TPSA) is 78.4 Å². The van der Waals surface area contributed by atoms with Crippen LogP contribution in [0.1, 0.15) is 16.5 Å². The molecule has 2 rings (SSSR count). The molecule has 0 saturated heterocycles. The number of urea groups is 1. The molecule has 1 aromatic carbocycles. The van der Waals surface area contributed by atoms with Crippen LogP contribution in [-0.2, 0) is 4.79 Å². The van der Waals surface area contributed by atoms with Gasteiger partial charge in [0.05, 0.1) is 10.7 Å². The SMILES string of the molecule is Cc1ccc(NC(=O)NC(C(=O)O)c2cccs2)c(Cl)c1. The average molecular weight is 325 g/mol. The number of carboxylic acids is 1. The minimum Gasteiger partial charge on any atom is -0.479 e. The van der Waals surface area contributed by atoms with Crippen molar-refractivity contribution in [1.29, 1.82) is 0 Å². The Morgan fingerprint density at radius 3 is 2.67 bits per heavy atom. The minimum absolute atomic E-state index is 0.396. The number of nitrogens with one attached hydrogen (secondary N) is 2. The minimum atomic E-state index is -1.12. The van der Waals surface area contributed by atoms with Gasteiger partial charge in [-0.3, -0.25) is 0 Å². The predicted molar refractivity (Wildman–Crippen MR) is 83.0 cm³/mol. The third-order valence-corrected chi connectivity index (χ3v) is 3.97. The summed E-state index contributed by atoms with van der Waals surface area (Å²) in [5.74, 6) is -1.12. The Labute approximate surface area is 130 Å². The molecule has 1 atom stereocenters. The number of rotatable bonds is 4. The molecule has 0 radical (unpaired) electrons. The number of carboxylic acid groups (broad SMARTS) is 1. The molecule has 1 heterocycles. The van der Waals surface area contributed by atoms with Crippen molar-refractivity contribution in [3.05, 3.63) is 51.2 Å². The Balaban J connectivity index is 2.08. The number of anilines is 1. The molecular weight excluding hydrogens is 312 g/mol. The van der Waals surface area contributed by atoms with Gasteiger partial charge in [-0.2, -0.15) is 0 Å². The molecule has 0 spiro atoms. The second kappa shape index (κ2) is 6.60. The van der Waals surface area contributed by atoms with Crippen molar-refractivity contribution in [2.75, 3.05) is 5.32 Å². The molecule has 0 bridgehead atoms. The lowest BCUT2D eigenvalue weighted by Gasteiger charge is -2.14. The Bertz CT molecular complexity index is 658. The van der Waals surface area contributed by atoms with Crippen molar-refractivity contribution in [2.24, 2.45) is 0 Å². The Hall–Kier alpha value is -2.05. The number of carbonyl (C=O) groups excluding carboxylic acids is 1. The first kappa shape index (κ1) is 15.3. The summed E-state index contributed by atoms with van der Waals surface area (Å²) < 4.78 is 0. The largest absolute Gasteiger partial charge is 0.479 e. The van der Waals surface area contributed by atoms with Gasteiger partial charge in [-0.15, -0.1) is 11.3 Å². The summed E-state index contributed by atoms with van der Waals surface area (Å²) in [5, 5.41) is 16.3. The summed E-state index contributed by atoms with van der Waals surface area (Å²) in [6.45, 7) is 1.88. The molecule has 0 aliphatic heterocycles. The summed E-state index contributed by atoms with van der Waals surface area (Å²) in [6.07, 6.45) is 0. The van der Waals surface area contributed by atoms with Crippen LogP contribution in [0.4, 0.5) is 10.5 Å². The highest BCUT2D eigenvalue weighted by Crippen LogP contribution is 2.23. The molecule has 110 valence electrons. The van der Waals surface area contributed by atoms with Gasteiger partial charge in [-0.1, -0.05) is 23.7 Å². The fourth-order valence-electron chi connectivity index (χ4n) is 1.72. The zero-order valence-electron chi connectivity index (χ0n) is 11.1. The van der Waals surface area contributed by atoms with E-state index in [1.807, 2.05) is 6.92 Å². The van der Waals surface area contributed by atoms with Crippen molar-refractivity contribution in [3.63, 3.8) is 0 Å². The fraction of sp³-hybridized carbons (Fsp3) is 0.143. The molecule has 2 aromatic rings. The van der Waals surface area contributed by atoms with Crippen LogP contribution in [0.25, 0.3) is 0 Å². The standard InChI is InChI=1S/C14H13ClN2O3S/c1-8-4-5-10(9(15)7-8)16-14(20)17-12(13(18)19)11-3-2-6-21-11/h2-7,12H,1H3,(H,18,19)(H2,16,17,20). The van der Waals surface area contributed by atoms with Crippen LogP contribution >= 0.6 is 22.9 Å². The van der Waals surface area contributed by atoms with Gasteiger partial charge in [-0.05, 0) is 36.1 Å². The number of thiophene rings is 1. The van der Waals surface area contributed by atoms with Crippen molar-refractivity contribution in [1.82, 2.24) is 5.32 Å². The van der Waals surface area contributed by atoms with E-state index < -0.39 is 18.0 Å². The molecule has 1 unspecified atom stereocenters. The van der Waals surface area contributed by atoms with Crippen molar-refractivity contribution < 1.29 is 14.7 Å². The molecule has 0 saturated carbocycles. The van der Waals surface area contributed by atoms with Crippen molar-refractivity contribution >= 4 is 40.6 Å². The predicted octanol–water partition coefficient (Wildman–Crippen LogP) is 3.66. The second-order valence-corrected chi connectivity index (χ2v) is 5.75. The third kappa shape index (κ3) is 3.96. The van der Waals surface area contributed by atoms with Crippen LogP contribution in [0, 0.1) is 6.92 Å². The number of hydrogen-bond acceptors (Lipinski definition) is 3. The van der Waals surface area contributed by atoms with Gasteiger partial charge in [-0.25, -0.2) is 9.59 Å². The summed E-state index contributed by atoms with van der Waals surface area (Å²) >= 11 is 7.28. The first-order chi connectivity index (χ1) is 9.97. The maximum atomic E-state index is 11.9. The van der Waals surface area contributed by atoms with Crippen molar-refractivity contribution in [2.45, 2.75) is 13.0 Å². The molecule has 5 nitrogen and oxygen atoms in total. The lowest BCUT2D eigenvalue weighted by atomic mass is 10.2. The van der Waals surface area contributed by atoms with Gasteiger partial charge in [0.25, 0.3) is 0 Å². The molecule has 21 heavy (non-hydrogen) atoms. The van der Waals surface area contributed by atoms with E-state index in [1.54, 1.807) is 35.7 Å². The summed E-state index contributed by atoms with van der Waals surface area (Å²) in [7, 11) is 0. The third-order valence-electron chi connectivity index (χ3n) is 2.72. The van der Waals surface area contributed by atoms with Crippen molar-refractivity contribution in [3.8, 4) is 0 Å². The van der Waals surface area contributed by atoms with Gasteiger partial charge < -0.3 is 15.7 Å². The Morgan fingerprint density at radius 2 is 2.10 bits per heavy atom. The van der Waals surface area contributed by atoms with Crippen LogP contribution in [-0.4, -0.2) is 17.1 Å². The van der Waals surface area contributed by atoms with E-state index in [0.717, 1.165) is 5.56 Å². The van der Waals surface area contributed by atoms with Gasteiger partial charge >= 0.3 is 12.0 Å². The number of benzene rings is 1. The first-order valence-corrected chi connectivity index (χ1v) is 7.33.